The van der Waals surface area contributed by atoms with Gasteiger partial charge in [-0.1, -0.05) is 30.3 Å². The Balaban J connectivity index is 0.000000186. The van der Waals surface area contributed by atoms with Crippen LogP contribution in [-0.2, 0) is 0 Å². The third-order valence-electron chi connectivity index (χ3n) is 5.15. The Bertz CT molecular complexity index is 1380. The lowest BCUT2D eigenvalue weighted by molar-refractivity contribution is 0.471. The Kier molecular flexibility index (Phi) is 7.71. The van der Waals surface area contributed by atoms with Gasteiger partial charge in [0, 0.05) is 0 Å². The molecule has 0 unspecified atom stereocenters. The largest absolute Gasteiger partial charge is 0.508 e. The molecule has 0 aliphatic carbocycles. The molecule has 5 heteroatoms. The highest BCUT2D eigenvalue weighted by Gasteiger charge is 2.06. The summed E-state index contributed by atoms with van der Waals surface area (Å²) in [6.45, 7) is 3.96. The summed E-state index contributed by atoms with van der Waals surface area (Å²) in [4.78, 5) is 0. The third kappa shape index (κ3) is 5.91. The number of aryl methyl sites for hydroxylation is 2. The molecule has 4 aromatic rings. The molecule has 33 heavy (non-hydrogen) atoms. The van der Waals surface area contributed by atoms with Gasteiger partial charge in [0.2, 0.25) is 0 Å². The van der Waals surface area contributed by atoms with Crippen LogP contribution in [0.15, 0.2) is 78.9 Å². The molecular formula is C28H21IN2O2. The molecule has 0 aromatic heterocycles. The van der Waals surface area contributed by atoms with Crippen molar-refractivity contribution in [2.45, 2.75) is 13.8 Å². The van der Waals surface area contributed by atoms with Crippen molar-refractivity contribution in [2.24, 2.45) is 0 Å². The van der Waals surface area contributed by atoms with Gasteiger partial charge in [-0.3, -0.25) is 0 Å². The van der Waals surface area contributed by atoms with Crippen LogP contribution in [0.5, 0.6) is 11.5 Å². The van der Waals surface area contributed by atoms with E-state index in [1.807, 2.05) is 68.4 Å². The van der Waals surface area contributed by atoms with Crippen LogP contribution in [0.3, 0.4) is 0 Å². The predicted molar refractivity (Wildman–Crippen MR) is 139 cm³/mol. The molecule has 0 aliphatic rings. The van der Waals surface area contributed by atoms with Gasteiger partial charge in [0.1, 0.15) is 11.5 Å². The number of phenolic OH excluding ortho intramolecular Hbond substituents is 2. The summed E-state index contributed by atoms with van der Waals surface area (Å²) in [5.41, 5.74) is 7.71. The Morgan fingerprint density at radius 1 is 0.636 bits per heavy atom. The lowest BCUT2D eigenvalue weighted by atomic mass is 9.99. The monoisotopic (exact) mass is 544 g/mol. The minimum absolute atomic E-state index is 0.259. The van der Waals surface area contributed by atoms with Gasteiger partial charge in [-0.05, 0) is 118 Å². The number of aromatic hydroxyl groups is 2. The highest BCUT2D eigenvalue weighted by atomic mass is 127. The molecule has 162 valence electrons. The number of phenols is 2. The molecule has 0 atom stereocenters. The Morgan fingerprint density at radius 2 is 1.12 bits per heavy atom. The average molecular weight is 544 g/mol. The quantitative estimate of drug-likeness (QED) is 0.264. The summed E-state index contributed by atoms with van der Waals surface area (Å²) in [5, 5.41) is 36.3. The normalized spacial score (nSPS) is 9.85. The minimum atomic E-state index is 0.259. The van der Waals surface area contributed by atoms with Crippen LogP contribution in [0.1, 0.15) is 22.3 Å². The van der Waals surface area contributed by atoms with Crippen LogP contribution >= 0.6 is 22.6 Å². The molecular weight excluding hydrogens is 523 g/mol. The van der Waals surface area contributed by atoms with Crippen LogP contribution in [0.2, 0.25) is 0 Å². The summed E-state index contributed by atoms with van der Waals surface area (Å²) < 4.78 is 0.823. The van der Waals surface area contributed by atoms with Gasteiger partial charge in [0.25, 0.3) is 0 Å². The van der Waals surface area contributed by atoms with Crippen molar-refractivity contribution >= 4 is 22.6 Å². The summed E-state index contributed by atoms with van der Waals surface area (Å²) in [6.07, 6.45) is 0. The van der Waals surface area contributed by atoms with Gasteiger partial charge in [-0.2, -0.15) is 10.5 Å². The fraction of sp³-hybridized carbons (Fsp3) is 0.0714. The van der Waals surface area contributed by atoms with Crippen LogP contribution in [0.25, 0.3) is 22.3 Å². The molecule has 0 aliphatic heterocycles. The van der Waals surface area contributed by atoms with Gasteiger partial charge >= 0.3 is 0 Å². The van der Waals surface area contributed by atoms with Crippen LogP contribution in [-0.4, -0.2) is 10.2 Å². The molecule has 4 nitrogen and oxygen atoms in total. The summed E-state index contributed by atoms with van der Waals surface area (Å²) in [7, 11) is 0. The summed E-state index contributed by atoms with van der Waals surface area (Å²) in [6, 6.07) is 28.0. The molecule has 4 rings (SSSR count). The van der Waals surface area contributed by atoms with E-state index in [4.69, 9.17) is 10.5 Å². The highest BCUT2D eigenvalue weighted by Crippen LogP contribution is 2.29. The molecule has 0 radical (unpaired) electrons. The number of nitrogens with zero attached hydrogens (tertiary/aromatic N) is 2. The van der Waals surface area contributed by atoms with E-state index in [0.29, 0.717) is 16.9 Å². The van der Waals surface area contributed by atoms with E-state index in [-0.39, 0.29) is 5.75 Å². The molecule has 0 saturated carbocycles. The fourth-order valence-electron chi connectivity index (χ4n) is 3.43. The van der Waals surface area contributed by atoms with Gasteiger partial charge < -0.3 is 10.2 Å². The molecule has 0 spiro atoms. The molecule has 0 heterocycles. The van der Waals surface area contributed by atoms with E-state index >= 15 is 0 Å². The predicted octanol–water partition coefficient (Wildman–Crippen LogP) is 7.08. The maximum atomic E-state index is 9.49. The Hall–Kier alpha value is -3.81. The number of rotatable bonds is 2. The van der Waals surface area contributed by atoms with Crippen molar-refractivity contribution in [1.82, 2.24) is 0 Å². The standard InChI is InChI=1S/C14H10INO.C14H11NO/c1-9-6-10(8-16)2-4-12(9)11-3-5-14(17)13(15)7-11;1-10-8-11(9-15)2-7-14(10)12-3-5-13(16)6-4-12/h2-7,17H,1H3;2-8,16H,1H3. The van der Waals surface area contributed by atoms with Gasteiger partial charge in [0.05, 0.1) is 26.8 Å². The Labute approximate surface area is 207 Å². The second-order valence-corrected chi connectivity index (χ2v) is 8.66. The topological polar surface area (TPSA) is 88.0 Å². The molecule has 4 aromatic carbocycles. The van der Waals surface area contributed by atoms with Crippen molar-refractivity contribution in [3.05, 3.63) is 105 Å². The van der Waals surface area contributed by atoms with Crippen LogP contribution in [0.4, 0.5) is 0 Å². The molecule has 0 saturated heterocycles. The van der Waals surface area contributed by atoms with E-state index in [0.717, 1.165) is 37.0 Å². The van der Waals surface area contributed by atoms with Crippen molar-refractivity contribution < 1.29 is 10.2 Å². The minimum Gasteiger partial charge on any atom is -0.508 e. The average Bonchev–Trinajstić information content (AvgIpc) is 2.82. The number of hydrogen-bond acceptors (Lipinski definition) is 4. The number of benzene rings is 4. The Morgan fingerprint density at radius 3 is 1.58 bits per heavy atom. The maximum absolute atomic E-state index is 9.49. The first kappa shape index (κ1) is 23.8. The summed E-state index contributed by atoms with van der Waals surface area (Å²) in [5.74, 6) is 0.552. The summed E-state index contributed by atoms with van der Waals surface area (Å²) >= 11 is 2.10. The second-order valence-electron chi connectivity index (χ2n) is 7.50. The first-order valence-corrected chi connectivity index (χ1v) is 11.2. The van der Waals surface area contributed by atoms with E-state index < -0.39 is 0 Å². The zero-order valence-electron chi connectivity index (χ0n) is 18.2. The third-order valence-corrected chi connectivity index (χ3v) is 6.01. The highest BCUT2D eigenvalue weighted by molar-refractivity contribution is 14.1. The number of hydrogen-bond donors (Lipinski definition) is 2. The second kappa shape index (κ2) is 10.7. The number of nitriles is 2. The first-order valence-electron chi connectivity index (χ1n) is 10.1. The number of halogens is 1. The lowest BCUT2D eigenvalue weighted by Crippen LogP contribution is -1.86. The molecule has 0 bridgehead atoms. The molecule has 0 amide bonds. The van der Waals surface area contributed by atoms with Gasteiger partial charge in [-0.25, -0.2) is 0 Å². The van der Waals surface area contributed by atoms with Crippen LogP contribution in [0, 0.1) is 40.1 Å². The lowest BCUT2D eigenvalue weighted by Gasteiger charge is -2.07. The molecule has 0 fully saturated rings. The van der Waals surface area contributed by atoms with Crippen molar-refractivity contribution in [2.75, 3.05) is 0 Å². The van der Waals surface area contributed by atoms with Crippen molar-refractivity contribution in [1.29, 1.82) is 10.5 Å². The zero-order valence-corrected chi connectivity index (χ0v) is 20.3. The maximum Gasteiger partial charge on any atom is 0.128 e. The fourth-order valence-corrected chi connectivity index (χ4v) is 3.94. The van der Waals surface area contributed by atoms with E-state index in [2.05, 4.69) is 34.7 Å². The van der Waals surface area contributed by atoms with Gasteiger partial charge in [0.15, 0.2) is 0 Å². The SMILES string of the molecule is Cc1cc(C#N)ccc1-c1ccc(O)c(I)c1.Cc1cc(C#N)ccc1-c1ccc(O)cc1. The first-order chi connectivity index (χ1) is 15.8. The van der Waals surface area contributed by atoms with E-state index in [1.165, 1.54) is 0 Å². The van der Waals surface area contributed by atoms with Crippen LogP contribution < -0.4 is 0 Å². The van der Waals surface area contributed by atoms with Gasteiger partial charge in [-0.15, -0.1) is 0 Å². The zero-order chi connectivity index (χ0) is 24.0. The van der Waals surface area contributed by atoms with E-state index in [1.54, 1.807) is 24.3 Å². The smallest absolute Gasteiger partial charge is 0.128 e. The molecule has 2 N–H and O–H groups in total. The van der Waals surface area contributed by atoms with Crippen molar-refractivity contribution in [3.63, 3.8) is 0 Å². The van der Waals surface area contributed by atoms with E-state index in [9.17, 15) is 10.2 Å². The van der Waals surface area contributed by atoms with Crippen molar-refractivity contribution in [3.8, 4) is 45.9 Å².